The highest BCUT2D eigenvalue weighted by Crippen LogP contribution is 2.13. The monoisotopic (exact) mass is 301 g/mol. The fourth-order valence-corrected chi connectivity index (χ4v) is 2.36. The molecule has 1 heterocycles. The highest BCUT2D eigenvalue weighted by molar-refractivity contribution is 5.73. The van der Waals surface area contributed by atoms with Crippen LogP contribution >= 0.6 is 0 Å². The van der Waals surface area contributed by atoms with E-state index in [1.807, 2.05) is 62.0 Å². The molecule has 0 aliphatic heterocycles. The van der Waals surface area contributed by atoms with E-state index in [1.54, 1.807) is 0 Å². The molecule has 0 saturated heterocycles. The number of carboxylic acid groups (broad SMARTS) is 1. The van der Waals surface area contributed by atoms with Crippen LogP contribution in [-0.2, 0) is 11.3 Å². The van der Waals surface area contributed by atoms with Gasteiger partial charge in [-0.25, -0.2) is 4.68 Å². The first kappa shape index (κ1) is 16.2. The molecule has 0 saturated carbocycles. The van der Waals surface area contributed by atoms with Gasteiger partial charge in [-0.1, -0.05) is 32.0 Å². The van der Waals surface area contributed by atoms with Crippen molar-refractivity contribution in [3.8, 4) is 5.69 Å². The van der Waals surface area contributed by atoms with Crippen LogP contribution in [-0.4, -0.2) is 26.9 Å². The fraction of sp³-hybridized carbons (Fsp3) is 0.412. The van der Waals surface area contributed by atoms with E-state index in [0.29, 0.717) is 18.9 Å². The van der Waals surface area contributed by atoms with E-state index in [4.69, 9.17) is 0 Å². The standard InChI is InChI=1S/C17H23N3O2/c1-12(2)9-16(17(21)22)18-10-14-11-20(19-13(14)3)15-7-5-4-6-8-15/h4-8,11-12,16,18H,9-10H2,1-3H3,(H,21,22). The zero-order valence-electron chi connectivity index (χ0n) is 13.3. The van der Waals surface area contributed by atoms with Gasteiger partial charge in [0, 0.05) is 18.3 Å². The SMILES string of the molecule is Cc1nn(-c2ccccc2)cc1CNC(CC(C)C)C(=O)O. The normalized spacial score (nSPS) is 12.5. The van der Waals surface area contributed by atoms with Gasteiger partial charge in [-0.3, -0.25) is 4.79 Å². The summed E-state index contributed by atoms with van der Waals surface area (Å²) < 4.78 is 1.82. The molecular formula is C17H23N3O2. The molecule has 0 amide bonds. The number of aryl methyl sites for hydroxylation is 1. The number of aromatic nitrogens is 2. The van der Waals surface area contributed by atoms with Crippen molar-refractivity contribution in [1.82, 2.24) is 15.1 Å². The molecule has 0 bridgehead atoms. The molecule has 0 spiro atoms. The molecule has 0 aliphatic carbocycles. The summed E-state index contributed by atoms with van der Waals surface area (Å²) in [5.74, 6) is -0.469. The minimum absolute atomic E-state index is 0.335. The molecule has 22 heavy (non-hydrogen) atoms. The molecule has 0 fully saturated rings. The second-order valence-electron chi connectivity index (χ2n) is 5.92. The molecule has 118 valence electrons. The van der Waals surface area contributed by atoms with Crippen molar-refractivity contribution in [2.75, 3.05) is 0 Å². The maximum absolute atomic E-state index is 11.3. The van der Waals surface area contributed by atoms with Crippen LogP contribution in [0.3, 0.4) is 0 Å². The molecular weight excluding hydrogens is 278 g/mol. The predicted octanol–water partition coefficient (Wildman–Crippen LogP) is 2.77. The first-order valence-corrected chi connectivity index (χ1v) is 7.54. The van der Waals surface area contributed by atoms with E-state index in [1.165, 1.54) is 0 Å². The third-order valence-electron chi connectivity index (χ3n) is 3.57. The van der Waals surface area contributed by atoms with E-state index in [-0.39, 0.29) is 0 Å². The predicted molar refractivity (Wildman–Crippen MR) is 86.0 cm³/mol. The van der Waals surface area contributed by atoms with Crippen LogP contribution < -0.4 is 5.32 Å². The number of carboxylic acids is 1. The molecule has 1 aromatic carbocycles. The van der Waals surface area contributed by atoms with Gasteiger partial charge in [0.2, 0.25) is 0 Å². The zero-order chi connectivity index (χ0) is 16.1. The number of nitrogens with zero attached hydrogens (tertiary/aromatic N) is 2. The van der Waals surface area contributed by atoms with Gasteiger partial charge in [0.25, 0.3) is 0 Å². The molecule has 2 rings (SSSR count). The van der Waals surface area contributed by atoms with Crippen molar-refractivity contribution in [2.45, 2.75) is 39.8 Å². The lowest BCUT2D eigenvalue weighted by molar-refractivity contribution is -0.140. The number of hydrogen-bond donors (Lipinski definition) is 2. The number of carbonyl (C=O) groups is 1. The fourth-order valence-electron chi connectivity index (χ4n) is 2.36. The zero-order valence-corrected chi connectivity index (χ0v) is 13.3. The van der Waals surface area contributed by atoms with Crippen LogP contribution in [0.5, 0.6) is 0 Å². The van der Waals surface area contributed by atoms with Crippen molar-refractivity contribution in [3.63, 3.8) is 0 Å². The average molecular weight is 301 g/mol. The van der Waals surface area contributed by atoms with Gasteiger partial charge in [-0.05, 0) is 31.4 Å². The highest BCUT2D eigenvalue weighted by atomic mass is 16.4. The lowest BCUT2D eigenvalue weighted by atomic mass is 10.0. The van der Waals surface area contributed by atoms with E-state index >= 15 is 0 Å². The topological polar surface area (TPSA) is 67.2 Å². The molecule has 5 heteroatoms. The summed E-state index contributed by atoms with van der Waals surface area (Å²) in [6.45, 7) is 6.49. The van der Waals surface area contributed by atoms with Gasteiger partial charge in [-0.15, -0.1) is 0 Å². The van der Waals surface area contributed by atoms with Crippen LogP contribution in [0.25, 0.3) is 5.69 Å². The molecule has 1 unspecified atom stereocenters. The third-order valence-corrected chi connectivity index (χ3v) is 3.57. The Bertz CT molecular complexity index is 620. The maximum atomic E-state index is 11.3. The Balaban J connectivity index is 2.07. The van der Waals surface area contributed by atoms with Crippen molar-refractivity contribution >= 4 is 5.97 Å². The maximum Gasteiger partial charge on any atom is 0.320 e. The summed E-state index contributed by atoms with van der Waals surface area (Å²) in [6, 6.07) is 9.34. The smallest absolute Gasteiger partial charge is 0.320 e. The summed E-state index contributed by atoms with van der Waals surface area (Å²) in [5.41, 5.74) is 2.91. The molecule has 1 atom stereocenters. The van der Waals surface area contributed by atoms with Crippen LogP contribution in [0.1, 0.15) is 31.5 Å². The Morgan fingerprint density at radius 1 is 1.32 bits per heavy atom. The van der Waals surface area contributed by atoms with E-state index < -0.39 is 12.0 Å². The van der Waals surface area contributed by atoms with Crippen LogP contribution in [0.2, 0.25) is 0 Å². The molecule has 2 aromatic rings. The van der Waals surface area contributed by atoms with Crippen molar-refractivity contribution in [3.05, 3.63) is 47.8 Å². The second kappa shape index (κ2) is 7.22. The van der Waals surface area contributed by atoms with E-state index in [9.17, 15) is 9.90 Å². The Labute approximate surface area is 131 Å². The lowest BCUT2D eigenvalue weighted by Gasteiger charge is -2.16. The van der Waals surface area contributed by atoms with Gasteiger partial charge in [0.05, 0.1) is 11.4 Å². The Hall–Kier alpha value is -2.14. The van der Waals surface area contributed by atoms with Crippen LogP contribution in [0.15, 0.2) is 36.5 Å². The number of hydrogen-bond acceptors (Lipinski definition) is 3. The van der Waals surface area contributed by atoms with Gasteiger partial charge in [0.1, 0.15) is 6.04 Å². The number of benzene rings is 1. The van der Waals surface area contributed by atoms with Crippen LogP contribution in [0, 0.1) is 12.8 Å². The van der Waals surface area contributed by atoms with Gasteiger partial charge < -0.3 is 10.4 Å². The molecule has 0 aliphatic rings. The summed E-state index contributed by atoms with van der Waals surface area (Å²) in [6.07, 6.45) is 2.56. The van der Waals surface area contributed by atoms with Crippen LogP contribution in [0.4, 0.5) is 0 Å². The highest BCUT2D eigenvalue weighted by Gasteiger charge is 2.18. The van der Waals surface area contributed by atoms with E-state index in [0.717, 1.165) is 16.9 Å². The lowest BCUT2D eigenvalue weighted by Crippen LogP contribution is -2.37. The first-order valence-electron chi connectivity index (χ1n) is 7.54. The Morgan fingerprint density at radius 2 is 2.00 bits per heavy atom. The molecule has 1 aromatic heterocycles. The molecule has 0 radical (unpaired) electrons. The minimum atomic E-state index is -0.804. The summed E-state index contributed by atoms with van der Waals surface area (Å²) in [7, 11) is 0. The number of para-hydroxylation sites is 1. The summed E-state index contributed by atoms with van der Waals surface area (Å²) in [4.78, 5) is 11.3. The van der Waals surface area contributed by atoms with Crippen molar-refractivity contribution < 1.29 is 9.90 Å². The summed E-state index contributed by atoms with van der Waals surface area (Å²) in [5, 5.41) is 16.9. The quantitative estimate of drug-likeness (QED) is 0.825. The third kappa shape index (κ3) is 4.18. The average Bonchev–Trinajstić information content (AvgIpc) is 2.85. The Morgan fingerprint density at radius 3 is 2.59 bits per heavy atom. The molecule has 5 nitrogen and oxygen atoms in total. The number of aliphatic carboxylic acids is 1. The van der Waals surface area contributed by atoms with Gasteiger partial charge >= 0.3 is 5.97 Å². The van der Waals surface area contributed by atoms with Crippen molar-refractivity contribution in [2.24, 2.45) is 5.92 Å². The molecule has 2 N–H and O–H groups in total. The minimum Gasteiger partial charge on any atom is -0.480 e. The Kier molecular flexibility index (Phi) is 5.33. The first-order chi connectivity index (χ1) is 10.5. The largest absolute Gasteiger partial charge is 0.480 e. The summed E-state index contributed by atoms with van der Waals surface area (Å²) >= 11 is 0. The number of rotatable bonds is 7. The van der Waals surface area contributed by atoms with Gasteiger partial charge in [0.15, 0.2) is 0 Å². The van der Waals surface area contributed by atoms with E-state index in [2.05, 4.69) is 10.4 Å². The number of nitrogens with one attached hydrogen (secondary N) is 1. The second-order valence-corrected chi connectivity index (χ2v) is 5.92. The van der Waals surface area contributed by atoms with Crippen molar-refractivity contribution in [1.29, 1.82) is 0 Å². The van der Waals surface area contributed by atoms with Gasteiger partial charge in [-0.2, -0.15) is 5.10 Å².